The van der Waals surface area contributed by atoms with Crippen LogP contribution in [0.15, 0.2) is 0 Å². The Balaban J connectivity index is 2.28. The average molecular weight is 276 g/mol. The van der Waals surface area contributed by atoms with Crippen molar-refractivity contribution in [2.75, 3.05) is 17.3 Å². The Bertz CT molecular complexity index is 340. The monoisotopic (exact) mass is 276 g/mol. The molecule has 0 aliphatic rings. The standard InChI is InChI=1S/C10H20N4OS2/c1-10(2,5-7-17(15)8-6-16)4-3-9-11-13-14-12-9/h16H,3-8H2,1-2H3,(H,11,12,13,14). The first-order valence-electron chi connectivity index (χ1n) is 5.72. The molecule has 98 valence electrons. The van der Waals surface area contributed by atoms with E-state index in [-0.39, 0.29) is 5.41 Å². The van der Waals surface area contributed by atoms with E-state index in [0.717, 1.165) is 30.8 Å². The number of H-pyrrole nitrogens is 1. The molecule has 1 atom stereocenters. The number of aryl methyl sites for hydroxylation is 1. The third-order valence-corrected chi connectivity index (χ3v) is 4.59. The molecule has 0 aliphatic carbocycles. The average Bonchev–Trinajstić information content (AvgIpc) is 2.77. The maximum atomic E-state index is 11.5. The fourth-order valence-electron chi connectivity index (χ4n) is 1.46. The lowest BCUT2D eigenvalue weighted by atomic mass is 9.85. The molecule has 0 amide bonds. The number of nitrogens with one attached hydrogen (secondary N) is 1. The molecule has 7 heteroatoms. The van der Waals surface area contributed by atoms with Crippen LogP contribution in [-0.4, -0.2) is 42.1 Å². The third kappa shape index (κ3) is 6.16. The van der Waals surface area contributed by atoms with Gasteiger partial charge in [0.1, 0.15) is 0 Å². The fourth-order valence-corrected chi connectivity index (χ4v) is 3.26. The minimum absolute atomic E-state index is 0.160. The second-order valence-electron chi connectivity index (χ2n) is 4.81. The first-order valence-corrected chi connectivity index (χ1v) is 7.84. The minimum atomic E-state index is -0.733. The molecule has 0 spiro atoms. The predicted molar refractivity (Wildman–Crippen MR) is 72.6 cm³/mol. The molecule has 0 saturated heterocycles. The van der Waals surface area contributed by atoms with Crippen LogP contribution in [0.2, 0.25) is 0 Å². The molecule has 1 rings (SSSR count). The van der Waals surface area contributed by atoms with Gasteiger partial charge in [0, 0.05) is 34.5 Å². The highest BCUT2D eigenvalue weighted by atomic mass is 32.2. The van der Waals surface area contributed by atoms with Gasteiger partial charge in [-0.05, 0) is 18.3 Å². The zero-order valence-corrected chi connectivity index (χ0v) is 12.1. The van der Waals surface area contributed by atoms with E-state index in [9.17, 15) is 4.21 Å². The van der Waals surface area contributed by atoms with Gasteiger partial charge >= 0.3 is 0 Å². The Kier molecular flexibility index (Phi) is 6.11. The van der Waals surface area contributed by atoms with Gasteiger partial charge in [0.15, 0.2) is 5.82 Å². The van der Waals surface area contributed by atoms with Crippen molar-refractivity contribution in [3.63, 3.8) is 0 Å². The minimum Gasteiger partial charge on any atom is -0.260 e. The number of tetrazole rings is 1. The molecule has 1 N–H and O–H groups in total. The molecule has 0 fully saturated rings. The number of rotatable bonds is 8. The van der Waals surface area contributed by atoms with Gasteiger partial charge in [-0.15, -0.1) is 10.2 Å². The topological polar surface area (TPSA) is 71.5 Å². The molecular weight excluding hydrogens is 256 g/mol. The van der Waals surface area contributed by atoms with Crippen LogP contribution in [0.5, 0.6) is 0 Å². The Morgan fingerprint density at radius 1 is 1.35 bits per heavy atom. The highest BCUT2D eigenvalue weighted by Gasteiger charge is 2.19. The Morgan fingerprint density at radius 3 is 2.71 bits per heavy atom. The van der Waals surface area contributed by atoms with E-state index in [1.54, 1.807) is 0 Å². The van der Waals surface area contributed by atoms with E-state index in [1.165, 1.54) is 0 Å². The molecule has 1 heterocycles. The summed E-state index contributed by atoms with van der Waals surface area (Å²) in [7, 11) is -0.733. The van der Waals surface area contributed by atoms with E-state index >= 15 is 0 Å². The lowest BCUT2D eigenvalue weighted by Gasteiger charge is -2.23. The predicted octanol–water partition coefficient (Wildman–Crippen LogP) is 1.23. The molecule has 1 aromatic rings. The summed E-state index contributed by atoms with van der Waals surface area (Å²) in [6.07, 6.45) is 2.73. The SMILES string of the molecule is CC(C)(CCc1nn[nH]n1)CCS(=O)CCS. The highest BCUT2D eigenvalue weighted by molar-refractivity contribution is 7.87. The molecule has 0 radical (unpaired) electrons. The summed E-state index contributed by atoms with van der Waals surface area (Å²) < 4.78 is 11.5. The van der Waals surface area contributed by atoms with Crippen molar-refractivity contribution in [3.8, 4) is 0 Å². The van der Waals surface area contributed by atoms with Gasteiger partial charge in [-0.3, -0.25) is 4.21 Å². The fraction of sp³-hybridized carbons (Fsp3) is 0.900. The summed E-state index contributed by atoms with van der Waals surface area (Å²) in [5, 5.41) is 13.8. The molecule has 0 saturated carbocycles. The van der Waals surface area contributed by atoms with Crippen molar-refractivity contribution in [1.29, 1.82) is 0 Å². The van der Waals surface area contributed by atoms with Crippen LogP contribution in [0.4, 0.5) is 0 Å². The van der Waals surface area contributed by atoms with Crippen LogP contribution in [-0.2, 0) is 17.2 Å². The largest absolute Gasteiger partial charge is 0.260 e. The van der Waals surface area contributed by atoms with Gasteiger partial charge < -0.3 is 0 Å². The number of thiol groups is 1. The molecular formula is C10H20N4OS2. The van der Waals surface area contributed by atoms with Crippen LogP contribution in [0.3, 0.4) is 0 Å². The number of aromatic nitrogens is 4. The summed E-state index contributed by atoms with van der Waals surface area (Å²) in [6.45, 7) is 4.37. The van der Waals surface area contributed by atoms with Gasteiger partial charge in [0.05, 0.1) is 0 Å². The molecule has 5 nitrogen and oxygen atoms in total. The normalized spacial score (nSPS) is 13.8. The second kappa shape index (κ2) is 7.10. The smallest absolute Gasteiger partial charge is 0.174 e. The van der Waals surface area contributed by atoms with Gasteiger partial charge in [-0.2, -0.15) is 17.8 Å². The number of hydrogen-bond acceptors (Lipinski definition) is 5. The zero-order chi connectivity index (χ0) is 12.7. The third-order valence-electron chi connectivity index (χ3n) is 2.74. The first kappa shape index (κ1) is 14.6. The van der Waals surface area contributed by atoms with Crippen LogP contribution in [0.1, 0.15) is 32.5 Å². The van der Waals surface area contributed by atoms with Crippen molar-refractivity contribution < 1.29 is 4.21 Å². The summed E-state index contributed by atoms with van der Waals surface area (Å²) in [5.74, 6) is 2.87. The Hall–Kier alpha value is -0.430. The zero-order valence-electron chi connectivity index (χ0n) is 10.3. The maximum absolute atomic E-state index is 11.5. The number of aromatic amines is 1. The van der Waals surface area contributed by atoms with Gasteiger partial charge in [-0.1, -0.05) is 19.1 Å². The van der Waals surface area contributed by atoms with E-state index < -0.39 is 10.8 Å². The molecule has 0 aromatic carbocycles. The van der Waals surface area contributed by atoms with E-state index in [0.29, 0.717) is 11.5 Å². The van der Waals surface area contributed by atoms with Crippen LogP contribution >= 0.6 is 12.6 Å². The van der Waals surface area contributed by atoms with Crippen molar-refractivity contribution in [2.45, 2.75) is 33.1 Å². The Morgan fingerprint density at radius 2 is 2.12 bits per heavy atom. The molecule has 0 aliphatic heterocycles. The van der Waals surface area contributed by atoms with E-state index in [4.69, 9.17) is 0 Å². The first-order chi connectivity index (χ1) is 8.03. The summed E-state index contributed by atoms with van der Waals surface area (Å²) in [6, 6.07) is 0. The lowest BCUT2D eigenvalue weighted by molar-refractivity contribution is 0.322. The molecule has 1 aromatic heterocycles. The maximum Gasteiger partial charge on any atom is 0.174 e. The highest BCUT2D eigenvalue weighted by Crippen LogP contribution is 2.26. The van der Waals surface area contributed by atoms with Crippen molar-refractivity contribution in [2.24, 2.45) is 5.41 Å². The number of hydrogen-bond donors (Lipinski definition) is 2. The molecule has 0 bridgehead atoms. The van der Waals surface area contributed by atoms with Crippen LogP contribution < -0.4 is 0 Å². The van der Waals surface area contributed by atoms with Gasteiger partial charge in [0.2, 0.25) is 0 Å². The second-order valence-corrected chi connectivity index (χ2v) is 6.96. The van der Waals surface area contributed by atoms with E-state index in [2.05, 4.69) is 47.1 Å². The van der Waals surface area contributed by atoms with Crippen molar-refractivity contribution in [1.82, 2.24) is 20.6 Å². The quantitative estimate of drug-likeness (QED) is 0.701. The lowest BCUT2D eigenvalue weighted by Crippen LogP contribution is -2.18. The van der Waals surface area contributed by atoms with Gasteiger partial charge in [-0.25, -0.2) is 0 Å². The van der Waals surface area contributed by atoms with Crippen LogP contribution in [0.25, 0.3) is 0 Å². The van der Waals surface area contributed by atoms with Gasteiger partial charge in [0.25, 0.3) is 0 Å². The number of nitrogens with zero attached hydrogens (tertiary/aromatic N) is 3. The van der Waals surface area contributed by atoms with Crippen molar-refractivity contribution in [3.05, 3.63) is 5.82 Å². The summed E-state index contributed by atoms with van der Waals surface area (Å²) in [4.78, 5) is 0. The van der Waals surface area contributed by atoms with Crippen LogP contribution in [0, 0.1) is 5.41 Å². The van der Waals surface area contributed by atoms with E-state index in [1.807, 2.05) is 0 Å². The van der Waals surface area contributed by atoms with Crippen molar-refractivity contribution >= 4 is 23.4 Å². The molecule has 1 unspecified atom stereocenters. The molecule has 17 heavy (non-hydrogen) atoms. The summed E-state index contributed by atoms with van der Waals surface area (Å²) >= 11 is 4.09. The Labute approximate surface area is 110 Å². The summed E-state index contributed by atoms with van der Waals surface area (Å²) in [5.41, 5.74) is 0.160.